The van der Waals surface area contributed by atoms with Gasteiger partial charge in [-0.25, -0.2) is 9.97 Å². The molecule has 20 rings (SSSR count). The summed E-state index contributed by atoms with van der Waals surface area (Å²) >= 11 is 0. The molecule has 0 unspecified atom stereocenters. The summed E-state index contributed by atoms with van der Waals surface area (Å²) in [7, 11) is 0. The van der Waals surface area contributed by atoms with E-state index in [2.05, 4.69) is 346 Å². The molecule has 0 aliphatic heterocycles. The number of benzene rings is 15. The number of nitrogens with zero attached hydrogens (tertiary/aromatic N) is 6. The maximum absolute atomic E-state index is 5.61. The maximum Gasteiger partial charge on any atom is 0.160 e. The van der Waals surface area contributed by atoms with Gasteiger partial charge in [-0.15, -0.1) is 0 Å². The molecule has 0 atom stereocenters. The smallest absolute Gasteiger partial charge is 0.160 e. The van der Waals surface area contributed by atoms with Crippen LogP contribution in [0.15, 0.2) is 328 Å². The first kappa shape index (κ1) is 52.2. The molecule has 6 nitrogen and oxygen atoms in total. The molecule has 436 valence electrons. The van der Waals surface area contributed by atoms with E-state index in [1.165, 1.54) is 81.8 Å². The lowest BCUT2D eigenvalue weighted by atomic mass is 10.00. The molecule has 0 bridgehead atoms. The van der Waals surface area contributed by atoms with Crippen molar-refractivity contribution in [1.82, 2.24) is 28.2 Å². The fourth-order valence-corrected chi connectivity index (χ4v) is 15.4. The molecule has 0 spiro atoms. The van der Waals surface area contributed by atoms with Gasteiger partial charge in [-0.1, -0.05) is 218 Å². The van der Waals surface area contributed by atoms with Crippen molar-refractivity contribution in [2.75, 3.05) is 0 Å². The van der Waals surface area contributed by atoms with Crippen molar-refractivity contribution in [2.24, 2.45) is 0 Å². The van der Waals surface area contributed by atoms with E-state index in [0.29, 0.717) is 5.82 Å². The van der Waals surface area contributed by atoms with Crippen LogP contribution in [-0.4, -0.2) is 28.2 Å². The lowest BCUT2D eigenvalue weighted by Gasteiger charge is -2.14. The Bertz CT molecular complexity index is 6540. The Morgan fingerprint density at radius 1 is 0.181 bits per heavy atom. The Hall–Kier alpha value is -12.6. The van der Waals surface area contributed by atoms with Gasteiger partial charge in [0.05, 0.1) is 55.3 Å². The lowest BCUT2D eigenvalue weighted by molar-refractivity contribution is 1.17. The molecule has 5 heterocycles. The van der Waals surface area contributed by atoms with Crippen molar-refractivity contribution < 1.29 is 0 Å². The second kappa shape index (κ2) is 20.4. The van der Waals surface area contributed by atoms with Gasteiger partial charge in [-0.05, 0) is 148 Å². The SMILES string of the molecule is c1ccc(-n2c3ccccc3c3ccc(-c4ccc5c6ccccc6n(-c6cccc(-c7nc(-c8ccc9cc(-n%10c%11ccccc%11c%11ccc(-c%12ccc%13c%14ccccc%14n(-c%14ccccc%14)c%13c%12)cc%11%10)ccc9c8)nc8c7ccc7ccccc78)c6)c5c4)cc32)cc1. The monoisotopic (exact) mass is 1190 g/mol. The second-order valence-electron chi connectivity index (χ2n) is 24.9. The molecular weight excluding hydrogens is 1140 g/mol. The van der Waals surface area contributed by atoms with Crippen LogP contribution in [0.2, 0.25) is 0 Å². The highest BCUT2D eigenvalue weighted by Crippen LogP contribution is 2.43. The third-order valence-electron chi connectivity index (χ3n) is 19.7. The highest BCUT2D eigenvalue weighted by Gasteiger charge is 2.22. The van der Waals surface area contributed by atoms with Gasteiger partial charge in [0.25, 0.3) is 0 Å². The normalized spacial score (nSPS) is 12.0. The number of hydrogen-bond acceptors (Lipinski definition) is 2. The van der Waals surface area contributed by atoms with Crippen LogP contribution in [0.5, 0.6) is 0 Å². The van der Waals surface area contributed by atoms with Crippen molar-refractivity contribution in [3.05, 3.63) is 328 Å². The molecule has 0 fully saturated rings. The Morgan fingerprint density at radius 2 is 0.543 bits per heavy atom. The van der Waals surface area contributed by atoms with Crippen LogP contribution in [0.4, 0.5) is 0 Å². The van der Waals surface area contributed by atoms with Crippen LogP contribution in [0.25, 0.3) is 187 Å². The Labute approximate surface area is 540 Å². The van der Waals surface area contributed by atoms with E-state index in [1.807, 2.05) is 0 Å². The van der Waals surface area contributed by atoms with Crippen molar-refractivity contribution in [2.45, 2.75) is 0 Å². The van der Waals surface area contributed by atoms with Gasteiger partial charge in [0.2, 0.25) is 0 Å². The number of fused-ring (bicyclic) bond motifs is 16. The molecule has 0 aliphatic rings. The number of aromatic nitrogens is 6. The minimum Gasteiger partial charge on any atom is -0.309 e. The molecule has 0 radical (unpaired) electrons. The predicted octanol–water partition coefficient (Wildman–Crippen LogP) is 23.0. The highest BCUT2D eigenvalue weighted by molar-refractivity contribution is 6.15. The van der Waals surface area contributed by atoms with Crippen LogP contribution >= 0.6 is 0 Å². The van der Waals surface area contributed by atoms with Crippen LogP contribution < -0.4 is 0 Å². The fraction of sp³-hybridized carbons (Fsp3) is 0. The van der Waals surface area contributed by atoms with Gasteiger partial charge in [0, 0.05) is 87.7 Å². The number of rotatable bonds is 8. The highest BCUT2D eigenvalue weighted by atomic mass is 15.0. The first-order chi connectivity index (χ1) is 46.6. The summed E-state index contributed by atoms with van der Waals surface area (Å²) in [6.45, 7) is 0. The van der Waals surface area contributed by atoms with E-state index in [4.69, 9.17) is 9.97 Å². The van der Waals surface area contributed by atoms with Gasteiger partial charge in [0.15, 0.2) is 5.82 Å². The van der Waals surface area contributed by atoms with Crippen LogP contribution in [0.3, 0.4) is 0 Å². The zero-order valence-corrected chi connectivity index (χ0v) is 50.9. The first-order valence-corrected chi connectivity index (χ1v) is 32.2. The lowest BCUT2D eigenvalue weighted by Crippen LogP contribution is -1.98. The minimum absolute atomic E-state index is 0.678. The zero-order valence-electron chi connectivity index (χ0n) is 50.9. The quantitative estimate of drug-likeness (QED) is 0.142. The molecule has 94 heavy (non-hydrogen) atoms. The summed E-state index contributed by atoms with van der Waals surface area (Å²) < 4.78 is 9.66. The van der Waals surface area contributed by atoms with E-state index in [0.717, 1.165) is 99.7 Å². The second-order valence-corrected chi connectivity index (χ2v) is 24.9. The van der Waals surface area contributed by atoms with E-state index in [-0.39, 0.29) is 0 Å². The average molecular weight is 1200 g/mol. The standard InChI is InChI=1S/C88H54N6/c1-3-20-64(21-4-1)91-78-30-13-9-26-69(78)73-43-38-58(51-82(73)91)60-40-45-75-71-28-11-15-32-80(71)93(84(75)53-60)66-24-17-19-62(50-66)86-77-47-37-55-18-7-8-25-68(55)87(77)90-88(89-86)63-35-34-57-49-67(42-36-56(57)48-63)94-81-33-16-12-29-72(81)76-46-41-61(54-85(76)94)59-39-44-74-70-27-10-14-31-79(70)92(83(74)52-59)65-22-5-2-6-23-65/h1-54H. The number of hydrogen-bond donors (Lipinski definition) is 0. The number of para-hydroxylation sites is 6. The fourth-order valence-electron chi connectivity index (χ4n) is 15.4. The van der Waals surface area contributed by atoms with Crippen LogP contribution in [0, 0.1) is 0 Å². The summed E-state index contributed by atoms with van der Waals surface area (Å²) in [6.07, 6.45) is 0. The van der Waals surface area contributed by atoms with Crippen LogP contribution in [-0.2, 0) is 0 Å². The van der Waals surface area contributed by atoms with Gasteiger partial charge in [0.1, 0.15) is 0 Å². The van der Waals surface area contributed by atoms with E-state index in [9.17, 15) is 0 Å². The zero-order chi connectivity index (χ0) is 61.5. The Kier molecular flexibility index (Phi) is 11.3. The molecule has 5 aromatic heterocycles. The summed E-state index contributed by atoms with van der Waals surface area (Å²) in [5, 5.41) is 15.3. The molecule has 6 heteroatoms. The average Bonchev–Trinajstić information content (AvgIpc) is 1.45. The predicted molar refractivity (Wildman–Crippen MR) is 394 cm³/mol. The molecule has 0 saturated heterocycles. The van der Waals surface area contributed by atoms with Crippen LogP contribution in [0.1, 0.15) is 0 Å². The molecule has 0 N–H and O–H groups in total. The first-order valence-electron chi connectivity index (χ1n) is 32.2. The topological polar surface area (TPSA) is 45.5 Å². The third-order valence-corrected chi connectivity index (χ3v) is 19.7. The summed E-state index contributed by atoms with van der Waals surface area (Å²) in [5.41, 5.74) is 22.2. The van der Waals surface area contributed by atoms with Crippen molar-refractivity contribution in [3.8, 4) is 67.6 Å². The molecule has 15 aromatic carbocycles. The molecule has 0 aliphatic carbocycles. The minimum atomic E-state index is 0.678. The summed E-state index contributed by atoms with van der Waals surface area (Å²) in [4.78, 5) is 11.1. The van der Waals surface area contributed by atoms with E-state index < -0.39 is 0 Å². The van der Waals surface area contributed by atoms with E-state index in [1.54, 1.807) is 0 Å². The van der Waals surface area contributed by atoms with Crippen molar-refractivity contribution in [1.29, 1.82) is 0 Å². The molecular formula is C88H54N6. The maximum atomic E-state index is 5.61. The summed E-state index contributed by atoms with van der Waals surface area (Å²) in [5.74, 6) is 0.678. The third kappa shape index (κ3) is 7.96. The van der Waals surface area contributed by atoms with Gasteiger partial charge < -0.3 is 18.3 Å². The molecule has 0 saturated carbocycles. The molecule has 20 aromatic rings. The molecule has 0 amide bonds. The van der Waals surface area contributed by atoms with Gasteiger partial charge >= 0.3 is 0 Å². The van der Waals surface area contributed by atoms with Gasteiger partial charge in [-0.2, -0.15) is 0 Å². The van der Waals surface area contributed by atoms with E-state index >= 15 is 0 Å². The Balaban J connectivity index is 0.698. The van der Waals surface area contributed by atoms with Crippen molar-refractivity contribution in [3.63, 3.8) is 0 Å². The van der Waals surface area contributed by atoms with Crippen molar-refractivity contribution >= 4 is 120 Å². The van der Waals surface area contributed by atoms with Gasteiger partial charge in [-0.3, -0.25) is 0 Å². The summed E-state index contributed by atoms with van der Waals surface area (Å²) in [6, 6.07) is 120. The largest absolute Gasteiger partial charge is 0.309 e. The Morgan fingerprint density at radius 3 is 1.04 bits per heavy atom.